The summed E-state index contributed by atoms with van der Waals surface area (Å²) in [6.07, 6.45) is 11.5. The molecule has 2 nitrogen and oxygen atoms in total. The van der Waals surface area contributed by atoms with E-state index in [0.717, 1.165) is 5.92 Å². The Bertz CT molecular complexity index is 295. The topological polar surface area (TPSA) is 15.3 Å². The SMILES string of the molecule is CCCN(CC1CC1)CC1(CNC(C)(C)C)CCCCC1. The van der Waals surface area contributed by atoms with E-state index in [1.165, 1.54) is 77.5 Å². The monoisotopic (exact) mass is 294 g/mol. The highest BCUT2D eigenvalue weighted by atomic mass is 15.1. The predicted octanol–water partition coefficient (Wildman–Crippen LogP) is 4.45. The van der Waals surface area contributed by atoms with Crippen LogP contribution >= 0.6 is 0 Å². The molecule has 0 unspecified atom stereocenters. The van der Waals surface area contributed by atoms with E-state index in [0.29, 0.717) is 5.41 Å². The van der Waals surface area contributed by atoms with Crippen LogP contribution in [0.15, 0.2) is 0 Å². The minimum atomic E-state index is 0.247. The summed E-state index contributed by atoms with van der Waals surface area (Å²) < 4.78 is 0. The van der Waals surface area contributed by atoms with Crippen molar-refractivity contribution in [3.05, 3.63) is 0 Å². The molecule has 0 atom stereocenters. The number of nitrogens with zero attached hydrogens (tertiary/aromatic N) is 1. The lowest BCUT2D eigenvalue weighted by Gasteiger charge is -2.43. The van der Waals surface area contributed by atoms with Crippen molar-refractivity contribution in [3.63, 3.8) is 0 Å². The maximum atomic E-state index is 3.82. The molecule has 0 spiro atoms. The van der Waals surface area contributed by atoms with Crippen LogP contribution in [0, 0.1) is 11.3 Å². The number of hydrogen-bond acceptors (Lipinski definition) is 2. The molecule has 21 heavy (non-hydrogen) atoms. The Balaban J connectivity index is 1.95. The summed E-state index contributed by atoms with van der Waals surface area (Å²) in [6.45, 7) is 14.5. The summed E-state index contributed by atoms with van der Waals surface area (Å²) in [5, 5.41) is 3.82. The molecule has 0 radical (unpaired) electrons. The lowest BCUT2D eigenvalue weighted by atomic mass is 9.73. The fraction of sp³-hybridized carbons (Fsp3) is 1.00. The molecular weight excluding hydrogens is 256 g/mol. The van der Waals surface area contributed by atoms with Crippen molar-refractivity contribution < 1.29 is 0 Å². The van der Waals surface area contributed by atoms with E-state index in [9.17, 15) is 0 Å². The first-order chi connectivity index (χ1) is 9.92. The Labute approximate surface area is 133 Å². The largest absolute Gasteiger partial charge is 0.311 e. The van der Waals surface area contributed by atoms with Gasteiger partial charge in [-0.25, -0.2) is 0 Å². The predicted molar refractivity (Wildman–Crippen MR) is 92.7 cm³/mol. The fourth-order valence-electron chi connectivity index (χ4n) is 3.84. The molecule has 0 bridgehead atoms. The third-order valence-electron chi connectivity index (χ3n) is 5.22. The molecule has 0 aromatic carbocycles. The highest BCUT2D eigenvalue weighted by molar-refractivity contribution is 4.91. The van der Waals surface area contributed by atoms with Crippen LogP contribution in [0.1, 0.15) is 79.1 Å². The van der Waals surface area contributed by atoms with E-state index in [4.69, 9.17) is 0 Å². The molecular formula is C19H38N2. The van der Waals surface area contributed by atoms with Gasteiger partial charge >= 0.3 is 0 Å². The molecule has 0 aliphatic heterocycles. The van der Waals surface area contributed by atoms with Crippen LogP contribution in [-0.2, 0) is 0 Å². The van der Waals surface area contributed by atoms with Gasteiger partial charge in [0.05, 0.1) is 0 Å². The van der Waals surface area contributed by atoms with Gasteiger partial charge in [-0.05, 0) is 70.8 Å². The van der Waals surface area contributed by atoms with Gasteiger partial charge < -0.3 is 10.2 Å². The summed E-state index contributed by atoms with van der Waals surface area (Å²) in [6, 6.07) is 0. The molecule has 124 valence electrons. The Morgan fingerprint density at radius 2 is 1.76 bits per heavy atom. The maximum Gasteiger partial charge on any atom is 0.00967 e. The zero-order chi connectivity index (χ0) is 15.3. The van der Waals surface area contributed by atoms with Gasteiger partial charge in [-0.15, -0.1) is 0 Å². The Hall–Kier alpha value is -0.0800. The van der Waals surface area contributed by atoms with Crippen LogP contribution in [0.5, 0.6) is 0 Å². The normalized spacial score (nSPS) is 22.7. The molecule has 2 saturated carbocycles. The summed E-state index contributed by atoms with van der Waals surface area (Å²) in [5.41, 5.74) is 0.784. The minimum Gasteiger partial charge on any atom is -0.311 e. The molecule has 2 fully saturated rings. The van der Waals surface area contributed by atoms with Gasteiger partial charge in [-0.2, -0.15) is 0 Å². The van der Waals surface area contributed by atoms with Gasteiger partial charge in [0, 0.05) is 25.2 Å². The second-order valence-corrected chi connectivity index (χ2v) is 8.84. The molecule has 1 N–H and O–H groups in total. The summed E-state index contributed by atoms with van der Waals surface area (Å²) in [5.74, 6) is 1.02. The van der Waals surface area contributed by atoms with Crippen LogP contribution in [-0.4, -0.2) is 36.6 Å². The van der Waals surface area contributed by atoms with Crippen LogP contribution in [0.2, 0.25) is 0 Å². The van der Waals surface area contributed by atoms with E-state index >= 15 is 0 Å². The number of rotatable bonds is 8. The zero-order valence-electron chi connectivity index (χ0n) is 15.0. The Morgan fingerprint density at radius 3 is 2.29 bits per heavy atom. The van der Waals surface area contributed by atoms with Gasteiger partial charge in [0.15, 0.2) is 0 Å². The van der Waals surface area contributed by atoms with E-state index in [-0.39, 0.29) is 5.54 Å². The molecule has 2 heteroatoms. The number of nitrogens with one attached hydrogen (secondary N) is 1. The Kier molecular flexibility index (Phi) is 6.14. The average molecular weight is 295 g/mol. The van der Waals surface area contributed by atoms with E-state index in [1.807, 2.05) is 0 Å². The van der Waals surface area contributed by atoms with Crippen molar-refractivity contribution in [1.29, 1.82) is 0 Å². The average Bonchev–Trinajstić information content (AvgIpc) is 3.21. The quantitative estimate of drug-likeness (QED) is 0.711. The molecule has 2 rings (SSSR count). The van der Waals surface area contributed by atoms with E-state index < -0.39 is 0 Å². The summed E-state index contributed by atoms with van der Waals surface area (Å²) in [7, 11) is 0. The molecule has 2 aliphatic carbocycles. The minimum absolute atomic E-state index is 0.247. The first-order valence-corrected chi connectivity index (χ1v) is 9.40. The van der Waals surface area contributed by atoms with Gasteiger partial charge in [0.25, 0.3) is 0 Å². The summed E-state index contributed by atoms with van der Waals surface area (Å²) >= 11 is 0. The summed E-state index contributed by atoms with van der Waals surface area (Å²) in [4.78, 5) is 2.80. The molecule has 0 heterocycles. The highest BCUT2D eigenvalue weighted by Gasteiger charge is 2.36. The third-order valence-corrected chi connectivity index (χ3v) is 5.22. The second kappa shape index (κ2) is 7.46. The van der Waals surface area contributed by atoms with Crippen molar-refractivity contribution in [1.82, 2.24) is 10.2 Å². The third kappa shape index (κ3) is 6.28. The highest BCUT2D eigenvalue weighted by Crippen LogP contribution is 2.38. The molecule has 0 aromatic heterocycles. The van der Waals surface area contributed by atoms with Crippen LogP contribution < -0.4 is 5.32 Å². The lowest BCUT2D eigenvalue weighted by Crippen LogP contribution is -2.50. The van der Waals surface area contributed by atoms with Gasteiger partial charge in [-0.3, -0.25) is 0 Å². The van der Waals surface area contributed by atoms with Crippen molar-refractivity contribution in [3.8, 4) is 0 Å². The van der Waals surface area contributed by atoms with Gasteiger partial charge in [0.2, 0.25) is 0 Å². The number of hydrogen-bond donors (Lipinski definition) is 1. The molecule has 0 saturated heterocycles. The maximum absolute atomic E-state index is 3.82. The van der Waals surface area contributed by atoms with Crippen LogP contribution in [0.4, 0.5) is 0 Å². The standard InChI is InChI=1S/C19H38N2/c1-5-13-21(14-17-9-10-17)16-19(11-7-6-8-12-19)15-20-18(2,3)4/h17,20H,5-16H2,1-4H3. The fourth-order valence-corrected chi connectivity index (χ4v) is 3.84. The van der Waals surface area contributed by atoms with Crippen molar-refractivity contribution in [2.45, 2.75) is 84.6 Å². The van der Waals surface area contributed by atoms with Crippen molar-refractivity contribution in [2.24, 2.45) is 11.3 Å². The van der Waals surface area contributed by atoms with Gasteiger partial charge in [-0.1, -0.05) is 26.2 Å². The smallest absolute Gasteiger partial charge is 0.00967 e. The molecule has 0 amide bonds. The first kappa shape index (κ1) is 17.3. The second-order valence-electron chi connectivity index (χ2n) is 8.84. The van der Waals surface area contributed by atoms with E-state index in [2.05, 4.69) is 37.9 Å². The van der Waals surface area contributed by atoms with Gasteiger partial charge in [0.1, 0.15) is 0 Å². The molecule has 0 aromatic rings. The Morgan fingerprint density at radius 1 is 1.10 bits per heavy atom. The van der Waals surface area contributed by atoms with Crippen LogP contribution in [0.25, 0.3) is 0 Å². The van der Waals surface area contributed by atoms with E-state index in [1.54, 1.807) is 0 Å². The van der Waals surface area contributed by atoms with Crippen molar-refractivity contribution >= 4 is 0 Å². The lowest BCUT2D eigenvalue weighted by molar-refractivity contribution is 0.0918. The van der Waals surface area contributed by atoms with Crippen LogP contribution in [0.3, 0.4) is 0 Å². The van der Waals surface area contributed by atoms with Crippen molar-refractivity contribution in [2.75, 3.05) is 26.2 Å². The molecule has 2 aliphatic rings. The first-order valence-electron chi connectivity index (χ1n) is 9.40. The zero-order valence-corrected chi connectivity index (χ0v) is 15.0.